The summed E-state index contributed by atoms with van der Waals surface area (Å²) in [5, 5.41) is 9.37. The zero-order valence-electron chi connectivity index (χ0n) is 12.3. The van der Waals surface area contributed by atoms with Crippen molar-refractivity contribution in [2.24, 2.45) is 0 Å². The second-order valence-corrected chi connectivity index (χ2v) is 8.46. The van der Waals surface area contributed by atoms with Gasteiger partial charge in [0.1, 0.15) is 10.6 Å². The molecule has 0 spiro atoms. The Morgan fingerprint density at radius 1 is 1.48 bits per heavy atom. The molecule has 0 radical (unpaired) electrons. The highest BCUT2D eigenvalue weighted by molar-refractivity contribution is 8.00. The molecule has 1 saturated heterocycles. The Labute approximate surface area is 129 Å². The minimum absolute atomic E-state index is 0.00293. The van der Waals surface area contributed by atoms with Crippen molar-refractivity contribution in [1.82, 2.24) is 8.87 Å². The highest BCUT2D eigenvalue weighted by Crippen LogP contribution is 2.30. The fourth-order valence-corrected chi connectivity index (χ4v) is 5.48. The quantitative estimate of drug-likeness (QED) is 0.908. The maximum absolute atomic E-state index is 12.8. The summed E-state index contributed by atoms with van der Waals surface area (Å²) in [6.45, 7) is 6.56. The van der Waals surface area contributed by atoms with Gasteiger partial charge in [-0.1, -0.05) is 6.92 Å². The molecule has 2 atom stereocenters. The molecule has 1 aromatic heterocycles. The lowest BCUT2D eigenvalue weighted by atomic mass is 10.2. The Bertz CT molecular complexity index is 639. The third-order valence-electron chi connectivity index (χ3n) is 3.86. The van der Waals surface area contributed by atoms with Gasteiger partial charge in [0.2, 0.25) is 10.0 Å². The number of carbonyl (C=O) groups is 1. The SMILES string of the molecule is CCn1cc(S(=O)(=O)N2CCSC(C)C2C)cc1C(=O)O. The molecule has 1 aromatic rings. The largest absolute Gasteiger partial charge is 0.477 e. The van der Waals surface area contributed by atoms with E-state index >= 15 is 0 Å². The van der Waals surface area contributed by atoms with Crippen molar-refractivity contribution >= 4 is 27.8 Å². The monoisotopic (exact) mass is 332 g/mol. The van der Waals surface area contributed by atoms with E-state index in [1.165, 1.54) is 21.1 Å². The molecule has 2 rings (SSSR count). The van der Waals surface area contributed by atoms with Crippen LogP contribution in [0.3, 0.4) is 0 Å². The molecular formula is C13H20N2O4S2. The maximum Gasteiger partial charge on any atom is 0.352 e. The number of thioether (sulfide) groups is 1. The molecule has 0 aromatic carbocycles. The minimum Gasteiger partial charge on any atom is -0.477 e. The molecule has 0 bridgehead atoms. The van der Waals surface area contributed by atoms with E-state index in [-0.39, 0.29) is 21.9 Å². The summed E-state index contributed by atoms with van der Waals surface area (Å²) < 4.78 is 28.4. The predicted octanol–water partition coefficient (Wildman–Crippen LogP) is 1.72. The normalized spacial score (nSPS) is 24.1. The molecule has 0 amide bonds. The van der Waals surface area contributed by atoms with Crippen LogP contribution in [-0.2, 0) is 16.6 Å². The molecule has 0 saturated carbocycles. The van der Waals surface area contributed by atoms with Gasteiger partial charge in [-0.25, -0.2) is 13.2 Å². The van der Waals surface area contributed by atoms with E-state index in [4.69, 9.17) is 5.11 Å². The van der Waals surface area contributed by atoms with Crippen molar-refractivity contribution in [1.29, 1.82) is 0 Å². The van der Waals surface area contributed by atoms with Crippen LogP contribution in [0.4, 0.5) is 0 Å². The van der Waals surface area contributed by atoms with Gasteiger partial charge in [0, 0.05) is 36.3 Å². The first-order valence-corrected chi connectivity index (χ1v) is 9.34. The molecule has 1 aliphatic heterocycles. The standard InChI is InChI=1S/C13H20N2O4S2/c1-4-14-8-11(7-12(14)13(16)17)21(18,19)15-5-6-20-10(3)9(15)2/h7-10H,4-6H2,1-3H3,(H,16,17). The second-order valence-electron chi connectivity index (χ2n) is 5.08. The molecular weight excluding hydrogens is 312 g/mol. The molecule has 21 heavy (non-hydrogen) atoms. The van der Waals surface area contributed by atoms with E-state index in [1.54, 1.807) is 18.7 Å². The van der Waals surface area contributed by atoms with Gasteiger partial charge in [-0.15, -0.1) is 0 Å². The summed E-state index contributed by atoms with van der Waals surface area (Å²) in [7, 11) is -3.65. The smallest absolute Gasteiger partial charge is 0.352 e. The van der Waals surface area contributed by atoms with Gasteiger partial charge < -0.3 is 9.67 Å². The third-order valence-corrected chi connectivity index (χ3v) is 7.15. The van der Waals surface area contributed by atoms with Crippen molar-refractivity contribution in [3.63, 3.8) is 0 Å². The van der Waals surface area contributed by atoms with Gasteiger partial charge in [-0.2, -0.15) is 16.1 Å². The summed E-state index contributed by atoms with van der Waals surface area (Å²) in [6.07, 6.45) is 1.41. The number of aromatic carboxylic acids is 1. The number of sulfonamides is 1. The van der Waals surface area contributed by atoms with Crippen molar-refractivity contribution in [3.05, 3.63) is 18.0 Å². The fraction of sp³-hybridized carbons (Fsp3) is 0.615. The first-order valence-electron chi connectivity index (χ1n) is 6.86. The summed E-state index contributed by atoms with van der Waals surface area (Å²) in [5.41, 5.74) is 0.00293. The van der Waals surface area contributed by atoms with Crippen LogP contribution >= 0.6 is 11.8 Å². The van der Waals surface area contributed by atoms with E-state index < -0.39 is 16.0 Å². The highest BCUT2D eigenvalue weighted by atomic mass is 32.2. The van der Waals surface area contributed by atoms with Crippen LogP contribution in [0.15, 0.2) is 17.2 Å². The topological polar surface area (TPSA) is 79.6 Å². The Hall–Kier alpha value is -0.990. The summed E-state index contributed by atoms with van der Waals surface area (Å²) in [4.78, 5) is 11.2. The molecule has 8 heteroatoms. The Kier molecular flexibility index (Phi) is 4.69. The number of carboxylic acid groups (broad SMARTS) is 1. The molecule has 1 aliphatic rings. The summed E-state index contributed by atoms with van der Waals surface area (Å²) >= 11 is 1.75. The van der Waals surface area contributed by atoms with Crippen LogP contribution in [0, 0.1) is 0 Å². The first kappa shape index (κ1) is 16.4. The first-order chi connectivity index (χ1) is 9.78. The van der Waals surface area contributed by atoms with Crippen LogP contribution < -0.4 is 0 Å². The Morgan fingerprint density at radius 3 is 2.67 bits per heavy atom. The van der Waals surface area contributed by atoms with Gasteiger partial charge in [0.25, 0.3) is 0 Å². The second kappa shape index (κ2) is 6.02. The van der Waals surface area contributed by atoms with E-state index in [1.807, 2.05) is 13.8 Å². The molecule has 2 unspecified atom stereocenters. The molecule has 1 fully saturated rings. The van der Waals surface area contributed by atoms with Gasteiger partial charge in [0.15, 0.2) is 0 Å². The third kappa shape index (κ3) is 2.97. The van der Waals surface area contributed by atoms with Gasteiger partial charge in [-0.3, -0.25) is 0 Å². The van der Waals surface area contributed by atoms with Crippen molar-refractivity contribution in [2.45, 2.75) is 43.5 Å². The van der Waals surface area contributed by atoms with Crippen molar-refractivity contribution in [2.75, 3.05) is 12.3 Å². The zero-order chi connectivity index (χ0) is 15.8. The predicted molar refractivity (Wildman–Crippen MR) is 82.3 cm³/mol. The van der Waals surface area contributed by atoms with Crippen molar-refractivity contribution < 1.29 is 18.3 Å². The van der Waals surface area contributed by atoms with Crippen LogP contribution in [0.1, 0.15) is 31.3 Å². The average Bonchev–Trinajstić information content (AvgIpc) is 2.86. The van der Waals surface area contributed by atoms with Crippen LogP contribution in [0.2, 0.25) is 0 Å². The number of hydrogen-bond donors (Lipinski definition) is 1. The lowest BCUT2D eigenvalue weighted by Crippen LogP contribution is -2.47. The molecule has 118 valence electrons. The lowest BCUT2D eigenvalue weighted by molar-refractivity contribution is 0.0685. The van der Waals surface area contributed by atoms with Crippen LogP contribution in [0.5, 0.6) is 0 Å². The van der Waals surface area contributed by atoms with E-state index in [9.17, 15) is 13.2 Å². The number of nitrogens with zero attached hydrogens (tertiary/aromatic N) is 2. The highest BCUT2D eigenvalue weighted by Gasteiger charge is 2.36. The number of aromatic nitrogens is 1. The van der Waals surface area contributed by atoms with E-state index in [0.717, 1.165) is 5.75 Å². The summed E-state index contributed by atoms with van der Waals surface area (Å²) in [6, 6.07) is 1.15. The van der Waals surface area contributed by atoms with Gasteiger partial charge in [0.05, 0.1) is 0 Å². The van der Waals surface area contributed by atoms with Gasteiger partial charge in [-0.05, 0) is 19.9 Å². The van der Waals surface area contributed by atoms with E-state index in [2.05, 4.69) is 0 Å². The molecule has 1 N–H and O–H groups in total. The average molecular weight is 332 g/mol. The molecule has 2 heterocycles. The van der Waals surface area contributed by atoms with Crippen LogP contribution in [-0.4, -0.2) is 52.0 Å². The number of aryl methyl sites for hydroxylation is 1. The van der Waals surface area contributed by atoms with E-state index in [0.29, 0.717) is 13.1 Å². The molecule has 6 nitrogen and oxygen atoms in total. The summed E-state index contributed by atoms with van der Waals surface area (Å²) in [5.74, 6) is -0.362. The number of rotatable bonds is 4. The molecule has 0 aliphatic carbocycles. The van der Waals surface area contributed by atoms with Gasteiger partial charge >= 0.3 is 5.97 Å². The zero-order valence-corrected chi connectivity index (χ0v) is 13.9. The minimum atomic E-state index is -3.65. The van der Waals surface area contributed by atoms with Crippen molar-refractivity contribution in [3.8, 4) is 0 Å². The lowest BCUT2D eigenvalue weighted by Gasteiger charge is -2.36. The Balaban J connectivity index is 2.42. The Morgan fingerprint density at radius 2 is 2.14 bits per heavy atom. The number of carboxylic acids is 1. The van der Waals surface area contributed by atoms with Crippen LogP contribution in [0.25, 0.3) is 0 Å². The fourth-order valence-electron chi connectivity index (χ4n) is 2.45. The maximum atomic E-state index is 12.8. The number of hydrogen-bond acceptors (Lipinski definition) is 4.